The first-order valence-corrected chi connectivity index (χ1v) is 7.84. The molecule has 0 saturated heterocycles. The summed E-state index contributed by atoms with van der Waals surface area (Å²) in [4.78, 5) is 0. The van der Waals surface area contributed by atoms with E-state index >= 15 is 0 Å². The monoisotopic (exact) mass is 262 g/mol. The van der Waals surface area contributed by atoms with Crippen molar-refractivity contribution in [2.24, 2.45) is 5.41 Å². The number of aromatic nitrogens is 1. The van der Waals surface area contributed by atoms with Crippen molar-refractivity contribution in [1.29, 1.82) is 0 Å². The summed E-state index contributed by atoms with van der Waals surface area (Å²) in [6, 6.07) is 3.02. The number of hydrogen-bond acceptors (Lipinski definition) is 1. The SMILES string of the molecule is CCn1c(C)cc(CNC2CCCCC2(C)C)c1C. The van der Waals surface area contributed by atoms with Crippen molar-refractivity contribution in [3.63, 3.8) is 0 Å². The first-order valence-electron chi connectivity index (χ1n) is 7.84. The predicted molar refractivity (Wildman–Crippen MR) is 82.5 cm³/mol. The summed E-state index contributed by atoms with van der Waals surface area (Å²) in [5.74, 6) is 0. The quantitative estimate of drug-likeness (QED) is 0.861. The molecule has 1 aromatic heterocycles. The standard InChI is InChI=1S/C17H30N2/c1-6-19-13(2)11-15(14(19)3)12-18-16-9-7-8-10-17(16,4)5/h11,16,18H,6-10,12H2,1-5H3. The zero-order chi connectivity index (χ0) is 14.0. The topological polar surface area (TPSA) is 17.0 Å². The normalized spacial score (nSPS) is 22.7. The molecule has 1 heterocycles. The largest absolute Gasteiger partial charge is 0.349 e. The van der Waals surface area contributed by atoms with E-state index in [4.69, 9.17) is 0 Å². The van der Waals surface area contributed by atoms with E-state index in [1.54, 1.807) is 0 Å². The average Bonchev–Trinajstić information content (AvgIpc) is 2.62. The molecule has 1 saturated carbocycles. The van der Waals surface area contributed by atoms with E-state index in [1.165, 1.54) is 42.6 Å². The van der Waals surface area contributed by atoms with Crippen LogP contribution >= 0.6 is 0 Å². The van der Waals surface area contributed by atoms with Crippen LogP contribution in [0.2, 0.25) is 0 Å². The third kappa shape index (κ3) is 3.05. The molecule has 0 aromatic carbocycles. The van der Waals surface area contributed by atoms with Gasteiger partial charge in [-0.15, -0.1) is 0 Å². The van der Waals surface area contributed by atoms with Crippen LogP contribution in [0.3, 0.4) is 0 Å². The van der Waals surface area contributed by atoms with E-state index in [0.29, 0.717) is 11.5 Å². The second-order valence-corrected chi connectivity index (χ2v) is 6.81. The maximum Gasteiger partial charge on any atom is 0.0226 e. The molecular weight excluding hydrogens is 232 g/mol. The first-order chi connectivity index (χ1) is 8.95. The molecule has 0 spiro atoms. The van der Waals surface area contributed by atoms with Crippen LogP contribution in [0.5, 0.6) is 0 Å². The first kappa shape index (κ1) is 14.6. The summed E-state index contributed by atoms with van der Waals surface area (Å²) < 4.78 is 2.41. The van der Waals surface area contributed by atoms with Crippen molar-refractivity contribution in [1.82, 2.24) is 9.88 Å². The molecule has 0 aliphatic heterocycles. The van der Waals surface area contributed by atoms with Gasteiger partial charge in [0.05, 0.1) is 0 Å². The van der Waals surface area contributed by atoms with Crippen molar-refractivity contribution >= 4 is 0 Å². The van der Waals surface area contributed by atoms with E-state index in [1.807, 2.05) is 0 Å². The van der Waals surface area contributed by atoms with Gasteiger partial charge in [0.25, 0.3) is 0 Å². The molecule has 0 bridgehead atoms. The molecule has 1 atom stereocenters. The minimum Gasteiger partial charge on any atom is -0.349 e. The lowest BCUT2D eigenvalue weighted by atomic mass is 9.73. The van der Waals surface area contributed by atoms with Gasteiger partial charge in [0.1, 0.15) is 0 Å². The lowest BCUT2D eigenvalue weighted by Crippen LogP contribution is -2.43. The van der Waals surface area contributed by atoms with Gasteiger partial charge in [-0.05, 0) is 50.7 Å². The fourth-order valence-electron chi connectivity index (χ4n) is 3.64. The summed E-state index contributed by atoms with van der Waals surface area (Å²) in [6.45, 7) is 13.6. The highest BCUT2D eigenvalue weighted by Crippen LogP contribution is 2.35. The molecule has 108 valence electrons. The van der Waals surface area contributed by atoms with Crippen LogP contribution in [0.1, 0.15) is 63.4 Å². The van der Waals surface area contributed by atoms with Crippen LogP contribution in [0.15, 0.2) is 6.07 Å². The van der Waals surface area contributed by atoms with Crippen molar-refractivity contribution in [2.75, 3.05) is 0 Å². The molecule has 19 heavy (non-hydrogen) atoms. The molecule has 1 unspecified atom stereocenters. The van der Waals surface area contributed by atoms with Crippen molar-refractivity contribution < 1.29 is 0 Å². The van der Waals surface area contributed by atoms with E-state index in [-0.39, 0.29) is 0 Å². The van der Waals surface area contributed by atoms with Crippen LogP contribution in [0, 0.1) is 19.3 Å². The summed E-state index contributed by atoms with van der Waals surface area (Å²) in [6.07, 6.45) is 5.47. The summed E-state index contributed by atoms with van der Waals surface area (Å²) >= 11 is 0. The molecule has 1 aliphatic carbocycles. The predicted octanol–water partition coefficient (Wildman–Crippen LogP) is 4.18. The van der Waals surface area contributed by atoms with Gasteiger partial charge in [0.2, 0.25) is 0 Å². The number of rotatable bonds is 4. The molecule has 0 amide bonds. The third-order valence-corrected chi connectivity index (χ3v) is 5.04. The number of nitrogens with zero attached hydrogens (tertiary/aromatic N) is 1. The number of aryl methyl sites for hydroxylation is 1. The molecule has 0 radical (unpaired) electrons. The fourth-order valence-corrected chi connectivity index (χ4v) is 3.64. The van der Waals surface area contributed by atoms with Crippen LogP contribution in [-0.4, -0.2) is 10.6 Å². The lowest BCUT2D eigenvalue weighted by molar-refractivity contribution is 0.166. The fraction of sp³-hybridized carbons (Fsp3) is 0.765. The van der Waals surface area contributed by atoms with E-state index in [9.17, 15) is 0 Å². The molecule has 2 heteroatoms. The Bertz CT molecular complexity index is 429. The minimum atomic E-state index is 0.453. The van der Waals surface area contributed by atoms with Crippen LogP contribution in [0.4, 0.5) is 0 Å². The molecule has 2 nitrogen and oxygen atoms in total. The molecule has 1 fully saturated rings. The Morgan fingerprint density at radius 2 is 2.05 bits per heavy atom. The molecule has 1 aromatic rings. The van der Waals surface area contributed by atoms with Crippen molar-refractivity contribution in [2.45, 2.75) is 79.4 Å². The maximum absolute atomic E-state index is 3.82. The Morgan fingerprint density at radius 3 is 2.63 bits per heavy atom. The van der Waals surface area contributed by atoms with Crippen LogP contribution < -0.4 is 5.32 Å². The number of nitrogens with one attached hydrogen (secondary N) is 1. The second-order valence-electron chi connectivity index (χ2n) is 6.81. The Morgan fingerprint density at radius 1 is 1.32 bits per heavy atom. The van der Waals surface area contributed by atoms with E-state index < -0.39 is 0 Å². The zero-order valence-corrected chi connectivity index (χ0v) is 13.3. The highest BCUT2D eigenvalue weighted by Gasteiger charge is 2.31. The zero-order valence-electron chi connectivity index (χ0n) is 13.3. The summed E-state index contributed by atoms with van der Waals surface area (Å²) in [7, 11) is 0. The van der Waals surface area contributed by atoms with Crippen LogP contribution in [0.25, 0.3) is 0 Å². The highest BCUT2D eigenvalue weighted by atomic mass is 15.0. The molecular formula is C17H30N2. The van der Waals surface area contributed by atoms with E-state index in [0.717, 1.165) is 13.1 Å². The van der Waals surface area contributed by atoms with Gasteiger partial charge in [-0.25, -0.2) is 0 Å². The number of hydrogen-bond donors (Lipinski definition) is 1. The van der Waals surface area contributed by atoms with Crippen molar-refractivity contribution in [3.8, 4) is 0 Å². The van der Waals surface area contributed by atoms with Crippen molar-refractivity contribution in [3.05, 3.63) is 23.0 Å². The Kier molecular flexibility index (Phi) is 4.39. The lowest BCUT2D eigenvalue weighted by Gasteiger charge is -2.39. The van der Waals surface area contributed by atoms with Gasteiger partial charge in [-0.2, -0.15) is 0 Å². The molecule has 1 N–H and O–H groups in total. The van der Waals surface area contributed by atoms with Gasteiger partial charge in [-0.1, -0.05) is 26.7 Å². The third-order valence-electron chi connectivity index (χ3n) is 5.04. The average molecular weight is 262 g/mol. The molecule has 1 aliphatic rings. The highest BCUT2D eigenvalue weighted by molar-refractivity contribution is 5.26. The second kappa shape index (κ2) is 5.70. The Hall–Kier alpha value is -0.760. The van der Waals surface area contributed by atoms with E-state index in [2.05, 4.69) is 50.6 Å². The Labute approximate surface area is 118 Å². The van der Waals surface area contributed by atoms with Crippen LogP contribution in [-0.2, 0) is 13.1 Å². The van der Waals surface area contributed by atoms with Gasteiger partial charge in [0, 0.05) is 30.5 Å². The van der Waals surface area contributed by atoms with Gasteiger partial charge >= 0.3 is 0 Å². The summed E-state index contributed by atoms with van der Waals surface area (Å²) in [5.41, 5.74) is 4.75. The van der Waals surface area contributed by atoms with Gasteiger partial charge in [0.15, 0.2) is 0 Å². The minimum absolute atomic E-state index is 0.453. The van der Waals surface area contributed by atoms with Gasteiger partial charge in [-0.3, -0.25) is 0 Å². The Balaban J connectivity index is 2.02. The smallest absolute Gasteiger partial charge is 0.0226 e. The summed E-state index contributed by atoms with van der Waals surface area (Å²) in [5, 5.41) is 3.82. The van der Waals surface area contributed by atoms with Gasteiger partial charge < -0.3 is 9.88 Å². The molecule has 2 rings (SSSR count). The maximum atomic E-state index is 3.82.